The average Bonchev–Trinajstić information content (AvgIpc) is 2.27. The molecule has 1 heterocycles. The van der Waals surface area contributed by atoms with Crippen LogP contribution >= 0.6 is 0 Å². The Morgan fingerprint density at radius 1 is 1.53 bits per heavy atom. The molecule has 1 aromatic heterocycles. The Labute approximate surface area is 97.0 Å². The van der Waals surface area contributed by atoms with Crippen LogP contribution in [0.3, 0.4) is 0 Å². The molecule has 0 unspecified atom stereocenters. The van der Waals surface area contributed by atoms with Crippen LogP contribution in [-0.2, 0) is 0 Å². The molecular weight excluding hydrogens is 234 g/mol. The first-order valence-corrected chi connectivity index (χ1v) is 4.89. The predicted octanol–water partition coefficient (Wildman–Crippen LogP) is 0.131. The summed E-state index contributed by atoms with van der Waals surface area (Å²) < 4.78 is 29.6. The molecule has 0 bridgehead atoms. The summed E-state index contributed by atoms with van der Waals surface area (Å²) in [6.07, 6.45) is -2.54. The lowest BCUT2D eigenvalue weighted by Gasteiger charge is -2.22. The van der Waals surface area contributed by atoms with Crippen LogP contribution in [-0.4, -0.2) is 48.3 Å². The molecule has 1 rings (SSSR count). The highest BCUT2D eigenvalue weighted by Crippen LogP contribution is 2.18. The monoisotopic (exact) mass is 248 g/mol. The Balaban J connectivity index is 2.95. The predicted molar refractivity (Wildman–Crippen MR) is 58.3 cm³/mol. The van der Waals surface area contributed by atoms with Gasteiger partial charge in [-0.1, -0.05) is 0 Å². The van der Waals surface area contributed by atoms with E-state index in [0.29, 0.717) is 0 Å². The van der Waals surface area contributed by atoms with Crippen LogP contribution in [0.5, 0.6) is 5.88 Å². The lowest BCUT2D eigenvalue weighted by Crippen LogP contribution is -2.32. The van der Waals surface area contributed by atoms with Gasteiger partial charge in [0.25, 0.3) is 6.43 Å². The highest BCUT2D eigenvalue weighted by molar-refractivity contribution is 5.45. The van der Waals surface area contributed by atoms with E-state index in [1.165, 1.54) is 18.1 Å². The molecule has 0 aliphatic heterocycles. The van der Waals surface area contributed by atoms with Crippen LogP contribution < -0.4 is 15.4 Å². The largest absolute Gasteiger partial charge is 0.481 e. The normalized spacial score (nSPS) is 10.6. The molecule has 0 aliphatic carbocycles. The van der Waals surface area contributed by atoms with E-state index in [0.717, 1.165) is 0 Å². The van der Waals surface area contributed by atoms with Gasteiger partial charge in [0.05, 0.1) is 20.3 Å². The number of hydrogen-bond acceptors (Lipinski definition) is 6. The van der Waals surface area contributed by atoms with Crippen molar-refractivity contribution < 1.29 is 18.6 Å². The van der Waals surface area contributed by atoms with Crippen LogP contribution in [0.4, 0.5) is 20.5 Å². The zero-order valence-corrected chi connectivity index (χ0v) is 9.31. The SMILES string of the molecule is COc1cc(N(CCO)CC(F)F)nc(N)n1. The number of nitrogens with zero attached hydrogens (tertiary/aromatic N) is 3. The number of ether oxygens (including phenoxy) is 1. The van der Waals surface area contributed by atoms with Crippen molar-refractivity contribution in [2.75, 3.05) is 37.4 Å². The molecule has 0 saturated carbocycles. The molecule has 0 amide bonds. The zero-order chi connectivity index (χ0) is 12.8. The number of hydrogen-bond donors (Lipinski definition) is 2. The molecule has 96 valence electrons. The molecule has 8 heteroatoms. The third-order valence-electron chi connectivity index (χ3n) is 1.97. The van der Waals surface area contributed by atoms with Gasteiger partial charge in [0.2, 0.25) is 11.8 Å². The molecule has 0 fully saturated rings. The molecular formula is C9H14F2N4O2. The number of aliphatic hydroxyl groups is 1. The summed E-state index contributed by atoms with van der Waals surface area (Å²) >= 11 is 0. The Morgan fingerprint density at radius 3 is 2.76 bits per heavy atom. The molecule has 0 atom stereocenters. The van der Waals surface area contributed by atoms with Crippen LogP contribution in [0.15, 0.2) is 6.07 Å². The second-order valence-electron chi connectivity index (χ2n) is 3.19. The Bertz CT molecular complexity index is 365. The van der Waals surface area contributed by atoms with Gasteiger partial charge in [-0.25, -0.2) is 8.78 Å². The van der Waals surface area contributed by atoms with E-state index in [4.69, 9.17) is 15.6 Å². The number of aliphatic hydroxyl groups excluding tert-OH is 1. The van der Waals surface area contributed by atoms with Crippen molar-refractivity contribution in [1.29, 1.82) is 0 Å². The minimum absolute atomic E-state index is 0.0317. The highest BCUT2D eigenvalue weighted by Gasteiger charge is 2.15. The number of halogens is 2. The molecule has 0 aromatic carbocycles. The van der Waals surface area contributed by atoms with E-state index in [-0.39, 0.29) is 30.8 Å². The summed E-state index contributed by atoms with van der Waals surface area (Å²) in [4.78, 5) is 8.78. The number of alkyl halides is 2. The smallest absolute Gasteiger partial charge is 0.255 e. The summed E-state index contributed by atoms with van der Waals surface area (Å²) in [5.74, 6) is 0.310. The van der Waals surface area contributed by atoms with Gasteiger partial charge in [0.1, 0.15) is 5.82 Å². The fourth-order valence-corrected chi connectivity index (χ4v) is 1.28. The maximum Gasteiger partial charge on any atom is 0.255 e. The first-order valence-electron chi connectivity index (χ1n) is 4.89. The van der Waals surface area contributed by atoms with Gasteiger partial charge in [0, 0.05) is 12.6 Å². The minimum atomic E-state index is -2.54. The lowest BCUT2D eigenvalue weighted by atomic mass is 10.4. The Hall–Kier alpha value is -1.70. The highest BCUT2D eigenvalue weighted by atomic mass is 19.3. The first kappa shape index (κ1) is 13.4. The number of methoxy groups -OCH3 is 1. The second-order valence-corrected chi connectivity index (χ2v) is 3.19. The van der Waals surface area contributed by atoms with Gasteiger partial charge in [-0.15, -0.1) is 0 Å². The van der Waals surface area contributed by atoms with Crippen molar-refractivity contribution in [2.24, 2.45) is 0 Å². The van der Waals surface area contributed by atoms with Crippen LogP contribution in [0.1, 0.15) is 0 Å². The topological polar surface area (TPSA) is 84.5 Å². The van der Waals surface area contributed by atoms with Gasteiger partial charge < -0.3 is 20.5 Å². The number of aromatic nitrogens is 2. The van der Waals surface area contributed by atoms with E-state index in [9.17, 15) is 8.78 Å². The Kier molecular flexibility index (Phi) is 4.83. The Morgan fingerprint density at radius 2 is 2.24 bits per heavy atom. The zero-order valence-electron chi connectivity index (χ0n) is 9.31. The van der Waals surface area contributed by atoms with Crippen molar-refractivity contribution in [3.05, 3.63) is 6.07 Å². The van der Waals surface area contributed by atoms with Gasteiger partial charge in [-0.3, -0.25) is 0 Å². The summed E-state index contributed by atoms with van der Waals surface area (Å²) in [6.45, 7) is -0.775. The van der Waals surface area contributed by atoms with E-state index in [1.54, 1.807) is 0 Å². The number of rotatable bonds is 6. The summed E-state index contributed by atoms with van der Waals surface area (Å²) in [5.41, 5.74) is 5.42. The van der Waals surface area contributed by atoms with E-state index < -0.39 is 13.0 Å². The molecule has 17 heavy (non-hydrogen) atoms. The average molecular weight is 248 g/mol. The standard InChI is InChI=1S/C9H14F2N4O2/c1-17-8-4-7(13-9(12)14-8)15(2-3-16)5-6(10)11/h4,6,16H,2-3,5H2,1H3,(H2,12,13,14). The van der Waals surface area contributed by atoms with E-state index in [2.05, 4.69) is 9.97 Å². The number of nitrogens with two attached hydrogens (primary N) is 1. The third kappa shape index (κ3) is 3.99. The van der Waals surface area contributed by atoms with E-state index in [1.807, 2.05) is 0 Å². The molecule has 3 N–H and O–H groups in total. The molecule has 6 nitrogen and oxygen atoms in total. The fraction of sp³-hybridized carbons (Fsp3) is 0.556. The van der Waals surface area contributed by atoms with Crippen molar-refractivity contribution in [3.8, 4) is 5.88 Å². The summed E-state index contributed by atoms with van der Waals surface area (Å²) in [7, 11) is 1.38. The van der Waals surface area contributed by atoms with Crippen LogP contribution in [0, 0.1) is 0 Å². The minimum Gasteiger partial charge on any atom is -0.481 e. The fourth-order valence-electron chi connectivity index (χ4n) is 1.28. The second kappa shape index (κ2) is 6.14. The maximum absolute atomic E-state index is 12.3. The van der Waals surface area contributed by atoms with Crippen LogP contribution in [0.25, 0.3) is 0 Å². The molecule has 0 radical (unpaired) electrons. The molecule has 0 aliphatic rings. The quantitative estimate of drug-likeness (QED) is 0.744. The summed E-state index contributed by atoms with van der Waals surface area (Å²) in [5, 5.41) is 8.81. The number of anilines is 2. The molecule has 1 aromatic rings. The molecule has 0 spiro atoms. The van der Waals surface area contributed by atoms with Crippen molar-refractivity contribution in [2.45, 2.75) is 6.43 Å². The number of nitrogen functional groups attached to an aromatic ring is 1. The first-order chi connectivity index (χ1) is 8.06. The van der Waals surface area contributed by atoms with Gasteiger partial charge in [0.15, 0.2) is 0 Å². The van der Waals surface area contributed by atoms with Gasteiger partial charge in [-0.2, -0.15) is 9.97 Å². The van der Waals surface area contributed by atoms with Gasteiger partial charge in [-0.05, 0) is 0 Å². The van der Waals surface area contributed by atoms with Gasteiger partial charge >= 0.3 is 0 Å². The summed E-state index contributed by atoms with van der Waals surface area (Å²) in [6, 6.07) is 1.38. The third-order valence-corrected chi connectivity index (χ3v) is 1.97. The van der Waals surface area contributed by atoms with Crippen molar-refractivity contribution in [1.82, 2.24) is 9.97 Å². The van der Waals surface area contributed by atoms with Crippen molar-refractivity contribution in [3.63, 3.8) is 0 Å². The van der Waals surface area contributed by atoms with Crippen LogP contribution in [0.2, 0.25) is 0 Å². The van der Waals surface area contributed by atoms with Crippen molar-refractivity contribution >= 4 is 11.8 Å². The maximum atomic E-state index is 12.3. The van der Waals surface area contributed by atoms with E-state index >= 15 is 0 Å². The molecule has 0 saturated heterocycles. The lowest BCUT2D eigenvalue weighted by molar-refractivity contribution is 0.152.